The second-order valence-electron chi connectivity index (χ2n) is 3.56. The maximum absolute atomic E-state index is 12.8. The van der Waals surface area contributed by atoms with Gasteiger partial charge in [0.1, 0.15) is 0 Å². The van der Waals surface area contributed by atoms with Gasteiger partial charge >= 0.3 is 0 Å². The molecule has 2 aromatic rings. The predicted octanol–water partition coefficient (Wildman–Crippen LogP) is 1.69. The minimum absolute atomic E-state index is 0.246. The fourth-order valence-corrected chi connectivity index (χ4v) is 1.38. The highest BCUT2D eigenvalue weighted by molar-refractivity contribution is 5.25. The van der Waals surface area contributed by atoms with E-state index >= 15 is 0 Å². The molecule has 0 spiro atoms. The van der Waals surface area contributed by atoms with Crippen molar-refractivity contribution in [2.75, 3.05) is 7.05 Å². The first-order valence-corrected chi connectivity index (χ1v) is 5.04. The third-order valence-corrected chi connectivity index (χ3v) is 2.49. The standard InChI is InChI=1S/C11H13FN4/c1-8(13-2)9-3-4-11(14-5-9)16-7-10(12)6-15-16/h3-8,13H,1-2H3. The van der Waals surface area contributed by atoms with Gasteiger partial charge in [0.05, 0.1) is 12.4 Å². The van der Waals surface area contributed by atoms with Crippen molar-refractivity contribution in [3.63, 3.8) is 0 Å². The summed E-state index contributed by atoms with van der Waals surface area (Å²) < 4.78 is 14.2. The van der Waals surface area contributed by atoms with Crippen LogP contribution in [0.1, 0.15) is 18.5 Å². The highest BCUT2D eigenvalue weighted by atomic mass is 19.1. The normalized spacial score (nSPS) is 12.7. The Labute approximate surface area is 93.1 Å². The Morgan fingerprint density at radius 3 is 2.69 bits per heavy atom. The van der Waals surface area contributed by atoms with E-state index in [-0.39, 0.29) is 11.9 Å². The van der Waals surface area contributed by atoms with Crippen LogP contribution in [0.4, 0.5) is 4.39 Å². The summed E-state index contributed by atoms with van der Waals surface area (Å²) in [6.07, 6.45) is 4.21. The van der Waals surface area contributed by atoms with Crippen LogP contribution < -0.4 is 5.32 Å². The Bertz CT molecular complexity index is 463. The quantitative estimate of drug-likeness (QED) is 0.855. The number of aromatic nitrogens is 3. The number of pyridine rings is 1. The highest BCUT2D eigenvalue weighted by Gasteiger charge is 2.04. The molecule has 0 saturated carbocycles. The van der Waals surface area contributed by atoms with Crippen LogP contribution in [0.5, 0.6) is 0 Å². The molecule has 4 nitrogen and oxygen atoms in total. The maximum atomic E-state index is 12.8. The lowest BCUT2D eigenvalue weighted by atomic mass is 10.1. The van der Waals surface area contributed by atoms with Crippen LogP contribution in [0.15, 0.2) is 30.7 Å². The van der Waals surface area contributed by atoms with Gasteiger partial charge in [0, 0.05) is 12.2 Å². The lowest BCUT2D eigenvalue weighted by molar-refractivity contribution is 0.626. The molecule has 0 saturated heterocycles. The minimum Gasteiger partial charge on any atom is -0.313 e. The Morgan fingerprint density at radius 1 is 1.38 bits per heavy atom. The largest absolute Gasteiger partial charge is 0.313 e. The molecule has 2 rings (SSSR count). The monoisotopic (exact) mass is 220 g/mol. The van der Waals surface area contributed by atoms with Crippen LogP contribution in [0.2, 0.25) is 0 Å². The molecular formula is C11H13FN4. The number of halogens is 1. The first-order valence-electron chi connectivity index (χ1n) is 5.04. The van der Waals surface area contributed by atoms with Crippen LogP contribution in [0.25, 0.3) is 5.82 Å². The number of hydrogen-bond acceptors (Lipinski definition) is 3. The maximum Gasteiger partial charge on any atom is 0.161 e. The van der Waals surface area contributed by atoms with E-state index < -0.39 is 0 Å². The number of rotatable bonds is 3. The fourth-order valence-electron chi connectivity index (χ4n) is 1.38. The zero-order valence-corrected chi connectivity index (χ0v) is 9.18. The van der Waals surface area contributed by atoms with Gasteiger partial charge in [-0.3, -0.25) is 0 Å². The molecule has 0 aromatic carbocycles. The van der Waals surface area contributed by atoms with Crippen LogP contribution in [0.3, 0.4) is 0 Å². The summed E-state index contributed by atoms with van der Waals surface area (Å²) in [6, 6.07) is 4.01. The second-order valence-corrected chi connectivity index (χ2v) is 3.56. The van der Waals surface area contributed by atoms with Crippen molar-refractivity contribution in [2.45, 2.75) is 13.0 Å². The molecule has 2 aromatic heterocycles. The van der Waals surface area contributed by atoms with Gasteiger partial charge in [-0.25, -0.2) is 14.1 Å². The molecular weight excluding hydrogens is 207 g/mol. The average Bonchev–Trinajstić information content (AvgIpc) is 2.75. The summed E-state index contributed by atoms with van der Waals surface area (Å²) in [5.74, 6) is 0.241. The van der Waals surface area contributed by atoms with Crippen LogP contribution in [-0.4, -0.2) is 21.8 Å². The van der Waals surface area contributed by atoms with Crippen molar-refractivity contribution >= 4 is 0 Å². The van der Waals surface area contributed by atoms with Crippen molar-refractivity contribution in [1.29, 1.82) is 0 Å². The molecule has 1 unspecified atom stereocenters. The van der Waals surface area contributed by atoms with Crippen molar-refractivity contribution in [1.82, 2.24) is 20.1 Å². The fraction of sp³-hybridized carbons (Fsp3) is 0.273. The Morgan fingerprint density at radius 2 is 2.19 bits per heavy atom. The van der Waals surface area contributed by atoms with Gasteiger partial charge in [-0.05, 0) is 25.6 Å². The average molecular weight is 220 g/mol. The molecule has 0 radical (unpaired) electrons. The molecule has 5 heteroatoms. The summed E-state index contributed by atoms with van der Waals surface area (Å²) in [6.45, 7) is 2.05. The molecule has 84 valence electrons. The summed E-state index contributed by atoms with van der Waals surface area (Å²) in [4.78, 5) is 4.23. The Hall–Kier alpha value is -1.75. The molecule has 1 atom stereocenters. The van der Waals surface area contributed by atoms with E-state index in [2.05, 4.69) is 15.4 Å². The van der Waals surface area contributed by atoms with Crippen molar-refractivity contribution in [3.8, 4) is 5.82 Å². The summed E-state index contributed by atoms with van der Waals surface area (Å²) in [7, 11) is 1.89. The Kier molecular flexibility index (Phi) is 2.96. The van der Waals surface area contributed by atoms with E-state index in [0.29, 0.717) is 5.82 Å². The predicted molar refractivity (Wildman–Crippen MR) is 58.8 cm³/mol. The van der Waals surface area contributed by atoms with E-state index in [1.807, 2.05) is 26.1 Å². The molecule has 0 aliphatic heterocycles. The van der Waals surface area contributed by atoms with Gasteiger partial charge in [-0.2, -0.15) is 5.10 Å². The number of hydrogen-bond donors (Lipinski definition) is 1. The molecule has 2 heterocycles. The minimum atomic E-state index is -0.366. The smallest absolute Gasteiger partial charge is 0.161 e. The van der Waals surface area contributed by atoms with Gasteiger partial charge in [0.15, 0.2) is 11.6 Å². The molecule has 1 N–H and O–H groups in total. The van der Waals surface area contributed by atoms with E-state index in [1.165, 1.54) is 10.9 Å². The second kappa shape index (κ2) is 4.40. The van der Waals surface area contributed by atoms with Crippen LogP contribution in [0, 0.1) is 5.82 Å². The van der Waals surface area contributed by atoms with Crippen LogP contribution >= 0.6 is 0 Å². The lowest BCUT2D eigenvalue weighted by Gasteiger charge is -2.10. The highest BCUT2D eigenvalue weighted by Crippen LogP contribution is 2.12. The van der Waals surface area contributed by atoms with E-state index in [9.17, 15) is 4.39 Å². The number of nitrogens with zero attached hydrogens (tertiary/aromatic N) is 3. The molecule has 0 aliphatic rings. The van der Waals surface area contributed by atoms with Crippen molar-refractivity contribution < 1.29 is 4.39 Å². The third kappa shape index (κ3) is 2.09. The van der Waals surface area contributed by atoms with Gasteiger partial charge in [-0.1, -0.05) is 6.07 Å². The topological polar surface area (TPSA) is 42.7 Å². The van der Waals surface area contributed by atoms with E-state index in [0.717, 1.165) is 11.8 Å². The van der Waals surface area contributed by atoms with Gasteiger partial charge in [0.2, 0.25) is 0 Å². The molecule has 0 amide bonds. The first kappa shape index (κ1) is 10.8. The van der Waals surface area contributed by atoms with Gasteiger partial charge < -0.3 is 5.32 Å². The van der Waals surface area contributed by atoms with Crippen LogP contribution in [-0.2, 0) is 0 Å². The molecule has 0 bridgehead atoms. The Balaban J connectivity index is 2.25. The summed E-state index contributed by atoms with van der Waals surface area (Å²) in [5, 5.41) is 6.97. The SMILES string of the molecule is CNC(C)c1ccc(-n2cc(F)cn2)nc1. The van der Waals surface area contributed by atoms with Gasteiger partial charge in [-0.15, -0.1) is 0 Å². The summed E-state index contributed by atoms with van der Waals surface area (Å²) in [5.41, 5.74) is 1.08. The zero-order valence-electron chi connectivity index (χ0n) is 9.18. The zero-order chi connectivity index (χ0) is 11.5. The first-order chi connectivity index (χ1) is 7.70. The van der Waals surface area contributed by atoms with E-state index in [4.69, 9.17) is 0 Å². The summed E-state index contributed by atoms with van der Waals surface area (Å²) >= 11 is 0. The van der Waals surface area contributed by atoms with E-state index in [1.54, 1.807) is 6.20 Å². The van der Waals surface area contributed by atoms with Gasteiger partial charge in [0.25, 0.3) is 0 Å². The number of nitrogens with one attached hydrogen (secondary N) is 1. The molecule has 16 heavy (non-hydrogen) atoms. The molecule has 0 fully saturated rings. The third-order valence-electron chi connectivity index (χ3n) is 2.49. The van der Waals surface area contributed by atoms with Crippen molar-refractivity contribution in [2.24, 2.45) is 0 Å². The molecule has 0 aliphatic carbocycles. The van der Waals surface area contributed by atoms with Crippen molar-refractivity contribution in [3.05, 3.63) is 42.1 Å². The lowest BCUT2D eigenvalue weighted by Crippen LogP contribution is -2.12.